The van der Waals surface area contributed by atoms with Crippen molar-refractivity contribution in [3.05, 3.63) is 29.8 Å². The molecule has 0 bridgehead atoms. The van der Waals surface area contributed by atoms with Crippen LogP contribution in [0.3, 0.4) is 0 Å². The van der Waals surface area contributed by atoms with Crippen molar-refractivity contribution in [2.45, 2.75) is 37.8 Å². The molecule has 0 aromatic heterocycles. The molecule has 0 spiro atoms. The number of alkyl halides is 3. The Kier molecular flexibility index (Phi) is 5.05. The molecule has 116 valence electrons. The van der Waals surface area contributed by atoms with Crippen molar-refractivity contribution in [1.82, 2.24) is 0 Å². The quantitative estimate of drug-likeness (QED) is 0.829. The van der Waals surface area contributed by atoms with E-state index in [1.54, 1.807) is 13.8 Å². The fraction of sp³-hybridized carbons (Fsp3) is 0.500. The number of nitriles is 1. The summed E-state index contributed by atoms with van der Waals surface area (Å²) in [7, 11) is -4.03. The highest BCUT2D eigenvalue weighted by atomic mass is 32.2. The van der Waals surface area contributed by atoms with Crippen LogP contribution in [0.5, 0.6) is 0 Å². The van der Waals surface area contributed by atoms with Crippen LogP contribution in [0.15, 0.2) is 29.2 Å². The van der Waals surface area contributed by atoms with E-state index in [0.717, 1.165) is 18.2 Å². The Bertz CT molecular complexity index is 643. The Labute approximate surface area is 122 Å². The number of rotatable bonds is 5. The Hall–Kier alpha value is -1.55. The van der Waals surface area contributed by atoms with Crippen LogP contribution >= 0.6 is 0 Å². The van der Waals surface area contributed by atoms with E-state index in [-0.39, 0.29) is 6.42 Å². The van der Waals surface area contributed by atoms with Gasteiger partial charge in [-0.05, 0) is 38.8 Å². The van der Waals surface area contributed by atoms with Gasteiger partial charge in [0.05, 0.1) is 27.7 Å². The summed E-state index contributed by atoms with van der Waals surface area (Å²) in [6, 6.07) is 6.17. The van der Waals surface area contributed by atoms with Crippen molar-refractivity contribution in [1.29, 1.82) is 5.26 Å². The lowest BCUT2D eigenvalue weighted by molar-refractivity contribution is -0.139. The van der Waals surface area contributed by atoms with Gasteiger partial charge in [0.15, 0.2) is 9.84 Å². The lowest BCUT2D eigenvalue weighted by atomic mass is 9.90. The zero-order valence-electron chi connectivity index (χ0n) is 11.7. The van der Waals surface area contributed by atoms with E-state index in [4.69, 9.17) is 5.26 Å². The molecule has 0 heterocycles. The van der Waals surface area contributed by atoms with Crippen LogP contribution in [0.2, 0.25) is 0 Å². The van der Waals surface area contributed by atoms with Gasteiger partial charge in [0.2, 0.25) is 0 Å². The molecule has 3 nitrogen and oxygen atoms in total. The smallest absolute Gasteiger partial charge is 0.224 e. The van der Waals surface area contributed by atoms with Gasteiger partial charge >= 0.3 is 6.18 Å². The summed E-state index contributed by atoms with van der Waals surface area (Å²) in [5, 5.41) is 8.84. The van der Waals surface area contributed by atoms with Crippen molar-refractivity contribution in [3.8, 4) is 6.07 Å². The minimum Gasteiger partial charge on any atom is -0.224 e. The van der Waals surface area contributed by atoms with Crippen LogP contribution in [0.25, 0.3) is 0 Å². The summed E-state index contributed by atoms with van der Waals surface area (Å²) in [4.78, 5) is -0.702. The molecule has 21 heavy (non-hydrogen) atoms. The van der Waals surface area contributed by atoms with E-state index >= 15 is 0 Å². The van der Waals surface area contributed by atoms with Crippen LogP contribution in [0, 0.1) is 16.7 Å². The van der Waals surface area contributed by atoms with E-state index < -0.39 is 37.6 Å². The molecule has 1 aromatic carbocycles. The molecule has 7 heteroatoms. The normalized spacial score (nSPS) is 13.0. The van der Waals surface area contributed by atoms with Gasteiger partial charge in [-0.15, -0.1) is 0 Å². The maximum Gasteiger partial charge on any atom is 0.417 e. The summed E-state index contributed by atoms with van der Waals surface area (Å²) in [6.45, 7) is 3.31. The Morgan fingerprint density at radius 1 is 1.19 bits per heavy atom. The molecule has 0 saturated heterocycles. The van der Waals surface area contributed by atoms with E-state index in [1.807, 2.05) is 6.07 Å². The number of hydrogen-bond donors (Lipinski definition) is 0. The van der Waals surface area contributed by atoms with Gasteiger partial charge in [0.1, 0.15) is 0 Å². The summed E-state index contributed by atoms with van der Waals surface area (Å²) >= 11 is 0. The van der Waals surface area contributed by atoms with Crippen LogP contribution in [-0.4, -0.2) is 14.2 Å². The second-order valence-corrected chi connectivity index (χ2v) is 7.49. The minimum absolute atomic E-state index is 0.134. The number of benzene rings is 1. The van der Waals surface area contributed by atoms with Gasteiger partial charge in [-0.2, -0.15) is 18.4 Å². The minimum atomic E-state index is -4.71. The summed E-state index contributed by atoms with van der Waals surface area (Å²) in [5.41, 5.74) is -1.84. The van der Waals surface area contributed by atoms with Crippen molar-refractivity contribution < 1.29 is 21.6 Å². The predicted octanol–water partition coefficient (Wildman–Crippen LogP) is 3.81. The first kappa shape index (κ1) is 17.5. The van der Waals surface area contributed by atoms with E-state index in [0.29, 0.717) is 6.42 Å². The van der Waals surface area contributed by atoms with Crippen LogP contribution < -0.4 is 0 Å². The average Bonchev–Trinajstić information content (AvgIpc) is 2.37. The molecule has 0 radical (unpaired) electrons. The zero-order chi connectivity index (χ0) is 16.3. The molecular formula is C14H16F3NO2S. The molecule has 0 unspecified atom stereocenters. The molecular weight excluding hydrogens is 303 g/mol. The van der Waals surface area contributed by atoms with E-state index in [9.17, 15) is 21.6 Å². The first-order chi connectivity index (χ1) is 9.49. The van der Waals surface area contributed by atoms with Gasteiger partial charge in [0.25, 0.3) is 0 Å². The third-order valence-corrected chi connectivity index (χ3v) is 4.90. The second kappa shape index (κ2) is 6.06. The van der Waals surface area contributed by atoms with Crippen molar-refractivity contribution in [2.75, 3.05) is 5.75 Å². The van der Waals surface area contributed by atoms with Crippen molar-refractivity contribution in [2.24, 2.45) is 5.41 Å². The maximum atomic E-state index is 12.8. The lowest BCUT2D eigenvalue weighted by Gasteiger charge is -2.16. The van der Waals surface area contributed by atoms with Gasteiger partial charge < -0.3 is 0 Å². The number of halogens is 3. The first-order valence-electron chi connectivity index (χ1n) is 6.30. The number of nitrogens with zero attached hydrogens (tertiary/aromatic N) is 1. The largest absolute Gasteiger partial charge is 0.417 e. The van der Waals surface area contributed by atoms with Crippen LogP contribution in [-0.2, 0) is 16.0 Å². The Morgan fingerprint density at radius 2 is 1.76 bits per heavy atom. The first-order valence-corrected chi connectivity index (χ1v) is 7.95. The van der Waals surface area contributed by atoms with Crippen LogP contribution in [0.1, 0.15) is 32.3 Å². The molecule has 0 atom stereocenters. The van der Waals surface area contributed by atoms with Crippen molar-refractivity contribution >= 4 is 9.84 Å². The SMILES string of the molecule is CC(C)(C#N)CCCS(=O)(=O)c1ccccc1C(F)(F)F. The van der Waals surface area contributed by atoms with E-state index in [1.165, 1.54) is 6.07 Å². The van der Waals surface area contributed by atoms with Gasteiger partial charge in [-0.25, -0.2) is 8.42 Å². The summed E-state index contributed by atoms with van der Waals surface area (Å²) in [6.07, 6.45) is -4.28. The van der Waals surface area contributed by atoms with E-state index in [2.05, 4.69) is 0 Å². The molecule has 0 aliphatic heterocycles. The Balaban J connectivity index is 2.98. The molecule has 0 amide bonds. The molecule has 0 saturated carbocycles. The lowest BCUT2D eigenvalue weighted by Crippen LogP contribution is -2.17. The molecule has 0 N–H and O–H groups in total. The van der Waals surface area contributed by atoms with Crippen LogP contribution in [0.4, 0.5) is 13.2 Å². The molecule has 0 aliphatic carbocycles. The highest BCUT2D eigenvalue weighted by Crippen LogP contribution is 2.34. The Morgan fingerprint density at radius 3 is 2.29 bits per heavy atom. The highest BCUT2D eigenvalue weighted by molar-refractivity contribution is 7.91. The highest BCUT2D eigenvalue weighted by Gasteiger charge is 2.36. The average molecular weight is 319 g/mol. The molecule has 1 aromatic rings. The number of hydrogen-bond acceptors (Lipinski definition) is 3. The number of sulfone groups is 1. The van der Waals surface area contributed by atoms with Crippen molar-refractivity contribution in [3.63, 3.8) is 0 Å². The van der Waals surface area contributed by atoms with Gasteiger partial charge in [-0.1, -0.05) is 12.1 Å². The van der Waals surface area contributed by atoms with Gasteiger partial charge in [0, 0.05) is 0 Å². The topological polar surface area (TPSA) is 57.9 Å². The second-order valence-electron chi connectivity index (χ2n) is 5.41. The fourth-order valence-corrected chi connectivity index (χ4v) is 3.39. The summed E-state index contributed by atoms with van der Waals surface area (Å²) in [5.74, 6) is -0.412. The standard InChI is InChI=1S/C14H16F3NO2S/c1-13(2,10-18)8-5-9-21(19,20)12-7-4-3-6-11(12)14(15,16)17/h3-4,6-7H,5,8-9H2,1-2H3. The summed E-state index contributed by atoms with van der Waals surface area (Å²) < 4.78 is 62.7. The predicted molar refractivity (Wildman–Crippen MR) is 72.1 cm³/mol. The molecule has 1 rings (SSSR count). The molecule has 0 fully saturated rings. The fourth-order valence-electron chi connectivity index (χ4n) is 1.84. The third-order valence-electron chi connectivity index (χ3n) is 3.05. The third kappa shape index (κ3) is 4.74. The monoisotopic (exact) mass is 319 g/mol. The maximum absolute atomic E-state index is 12.8. The zero-order valence-corrected chi connectivity index (χ0v) is 12.6. The van der Waals surface area contributed by atoms with Gasteiger partial charge in [-0.3, -0.25) is 0 Å². The molecule has 0 aliphatic rings.